The number of carbonyl (C=O) groups excluding carboxylic acids is 1. The number of benzene rings is 1. The molecule has 0 bridgehead atoms. The van der Waals surface area contributed by atoms with Gasteiger partial charge in [-0.25, -0.2) is 9.18 Å². The van der Waals surface area contributed by atoms with E-state index in [1.807, 2.05) is 0 Å². The van der Waals surface area contributed by atoms with Crippen molar-refractivity contribution in [2.24, 2.45) is 0 Å². The van der Waals surface area contributed by atoms with Crippen LogP contribution >= 0.6 is 12.2 Å². The molecule has 86 valence electrons. The molecule has 0 aliphatic carbocycles. The highest BCUT2D eigenvalue weighted by molar-refractivity contribution is 7.80. The van der Waals surface area contributed by atoms with Crippen molar-refractivity contribution in [2.45, 2.75) is 0 Å². The quantitative estimate of drug-likeness (QED) is 0.514. The van der Waals surface area contributed by atoms with E-state index in [-0.39, 0.29) is 10.8 Å². The van der Waals surface area contributed by atoms with Crippen LogP contribution in [0, 0.1) is 5.82 Å². The number of nitrogens with one attached hydrogen (secondary N) is 2. The zero-order valence-corrected chi connectivity index (χ0v) is 9.23. The molecule has 5 nitrogen and oxygen atoms in total. The van der Waals surface area contributed by atoms with Crippen LogP contribution < -0.4 is 16.4 Å². The molecule has 1 aromatic rings. The van der Waals surface area contributed by atoms with Crippen LogP contribution in [0.25, 0.3) is 0 Å². The fourth-order valence-corrected chi connectivity index (χ4v) is 1.14. The number of nitrogens with two attached hydrogens (primary N) is 1. The number of ether oxygens (including phenoxy) is 1. The summed E-state index contributed by atoms with van der Waals surface area (Å²) in [5.74, 6) is -0.449. The monoisotopic (exact) mass is 243 g/mol. The maximum Gasteiger partial charge on any atom is 0.413 e. The molecule has 0 fully saturated rings. The number of hydrogen-bond acceptors (Lipinski definition) is 4. The van der Waals surface area contributed by atoms with Gasteiger partial charge in [-0.15, -0.1) is 0 Å². The SMILES string of the molecule is COC(=O)NC(=S)Nc1ccc(F)cc1N. The highest BCUT2D eigenvalue weighted by Gasteiger charge is 2.06. The first-order chi connectivity index (χ1) is 7.52. The molecule has 0 aliphatic heterocycles. The van der Waals surface area contributed by atoms with E-state index in [1.54, 1.807) is 0 Å². The second-order valence-corrected chi connectivity index (χ2v) is 3.21. The maximum absolute atomic E-state index is 12.7. The van der Waals surface area contributed by atoms with Crippen LogP contribution in [0.2, 0.25) is 0 Å². The number of anilines is 2. The van der Waals surface area contributed by atoms with Crippen molar-refractivity contribution in [3.8, 4) is 0 Å². The van der Waals surface area contributed by atoms with Gasteiger partial charge >= 0.3 is 6.09 Å². The number of rotatable bonds is 1. The Hall–Kier alpha value is -1.89. The van der Waals surface area contributed by atoms with Crippen molar-refractivity contribution >= 4 is 34.8 Å². The molecule has 1 rings (SSSR count). The van der Waals surface area contributed by atoms with Crippen molar-refractivity contribution in [3.05, 3.63) is 24.0 Å². The fourth-order valence-electron chi connectivity index (χ4n) is 0.945. The Kier molecular flexibility index (Phi) is 4.01. The molecule has 0 saturated heterocycles. The normalized spacial score (nSPS) is 9.38. The molecule has 0 radical (unpaired) electrons. The number of alkyl carbamates (subject to hydrolysis) is 1. The molecule has 16 heavy (non-hydrogen) atoms. The van der Waals surface area contributed by atoms with Gasteiger partial charge < -0.3 is 15.8 Å². The van der Waals surface area contributed by atoms with Gasteiger partial charge in [0.2, 0.25) is 0 Å². The van der Waals surface area contributed by atoms with Crippen molar-refractivity contribution in [1.29, 1.82) is 0 Å². The second kappa shape index (κ2) is 5.26. The summed E-state index contributed by atoms with van der Waals surface area (Å²) in [6, 6.07) is 3.78. The molecule has 0 unspecified atom stereocenters. The van der Waals surface area contributed by atoms with Gasteiger partial charge in [0.05, 0.1) is 18.5 Å². The molecule has 1 aromatic carbocycles. The van der Waals surface area contributed by atoms with E-state index in [0.717, 1.165) is 6.07 Å². The minimum Gasteiger partial charge on any atom is -0.453 e. The summed E-state index contributed by atoms with van der Waals surface area (Å²) >= 11 is 4.80. The van der Waals surface area contributed by atoms with Gasteiger partial charge in [0.15, 0.2) is 5.11 Å². The average Bonchev–Trinajstić information content (AvgIpc) is 2.22. The summed E-state index contributed by atoms with van der Waals surface area (Å²) in [7, 11) is 1.21. The van der Waals surface area contributed by atoms with Crippen LogP contribution in [0.5, 0.6) is 0 Å². The van der Waals surface area contributed by atoms with Crippen molar-refractivity contribution in [1.82, 2.24) is 5.32 Å². The summed E-state index contributed by atoms with van der Waals surface area (Å²) < 4.78 is 17.1. The smallest absolute Gasteiger partial charge is 0.413 e. The third-order valence-corrected chi connectivity index (χ3v) is 1.87. The van der Waals surface area contributed by atoms with Crippen molar-refractivity contribution in [2.75, 3.05) is 18.2 Å². The Bertz CT molecular complexity index is 425. The molecule has 0 spiro atoms. The molecule has 1 amide bonds. The number of amides is 1. The Balaban J connectivity index is 2.66. The van der Waals surface area contributed by atoms with Gasteiger partial charge in [0.25, 0.3) is 0 Å². The molecule has 0 aromatic heterocycles. The molecule has 0 aliphatic rings. The lowest BCUT2D eigenvalue weighted by Gasteiger charge is -2.10. The summed E-state index contributed by atoms with van der Waals surface area (Å²) in [4.78, 5) is 10.8. The second-order valence-electron chi connectivity index (χ2n) is 2.80. The van der Waals surface area contributed by atoms with Gasteiger partial charge in [-0.3, -0.25) is 5.32 Å². The van der Waals surface area contributed by atoms with Gasteiger partial charge in [-0.1, -0.05) is 0 Å². The summed E-state index contributed by atoms with van der Waals surface area (Å²) in [5.41, 5.74) is 6.12. The Morgan fingerprint density at radius 2 is 2.25 bits per heavy atom. The third kappa shape index (κ3) is 3.35. The molecule has 0 atom stereocenters. The largest absolute Gasteiger partial charge is 0.453 e. The fraction of sp³-hybridized carbons (Fsp3) is 0.111. The van der Waals surface area contributed by atoms with Crippen LogP contribution in [0.1, 0.15) is 0 Å². The summed E-state index contributed by atoms with van der Waals surface area (Å²) in [6.45, 7) is 0. The highest BCUT2D eigenvalue weighted by atomic mass is 32.1. The topological polar surface area (TPSA) is 76.4 Å². The van der Waals surface area contributed by atoms with E-state index < -0.39 is 11.9 Å². The van der Waals surface area contributed by atoms with Gasteiger partial charge in [-0.2, -0.15) is 0 Å². The van der Waals surface area contributed by atoms with Gasteiger partial charge in [0.1, 0.15) is 5.82 Å². The molecule has 4 N–H and O–H groups in total. The van der Waals surface area contributed by atoms with Crippen LogP contribution in [0.3, 0.4) is 0 Å². The first kappa shape index (κ1) is 12.2. The van der Waals surface area contributed by atoms with Gasteiger partial charge in [0, 0.05) is 0 Å². The first-order valence-corrected chi connectivity index (χ1v) is 4.64. The number of halogens is 1. The van der Waals surface area contributed by atoms with Crippen molar-refractivity contribution < 1.29 is 13.9 Å². The van der Waals surface area contributed by atoms with Gasteiger partial charge in [-0.05, 0) is 30.4 Å². The Morgan fingerprint density at radius 3 is 2.81 bits per heavy atom. The van der Waals surface area contributed by atoms with E-state index >= 15 is 0 Å². The predicted octanol–water partition coefficient (Wildman–Crippen LogP) is 1.46. The zero-order chi connectivity index (χ0) is 12.1. The number of nitrogen functional groups attached to an aromatic ring is 1. The van der Waals surface area contributed by atoms with Crippen LogP contribution in [0.4, 0.5) is 20.6 Å². The third-order valence-electron chi connectivity index (χ3n) is 1.66. The molecular formula is C9H10FN3O2S. The minimum absolute atomic E-state index is 0.0187. The van der Waals surface area contributed by atoms with Crippen molar-refractivity contribution in [3.63, 3.8) is 0 Å². The Morgan fingerprint density at radius 1 is 1.56 bits per heavy atom. The lowest BCUT2D eigenvalue weighted by Crippen LogP contribution is -2.34. The highest BCUT2D eigenvalue weighted by Crippen LogP contribution is 2.18. The number of methoxy groups -OCH3 is 1. The van der Waals surface area contributed by atoms with Crippen LogP contribution in [0.15, 0.2) is 18.2 Å². The standard InChI is InChI=1S/C9H10FN3O2S/c1-15-9(14)13-8(16)12-7-3-2-5(10)4-6(7)11/h2-4H,11H2,1H3,(H2,12,13,14,16). The predicted molar refractivity (Wildman–Crippen MR) is 62.6 cm³/mol. The van der Waals surface area contributed by atoms with E-state index in [4.69, 9.17) is 18.0 Å². The van der Waals surface area contributed by atoms with E-state index in [2.05, 4.69) is 15.4 Å². The van der Waals surface area contributed by atoms with Crippen LogP contribution in [-0.4, -0.2) is 18.3 Å². The lowest BCUT2D eigenvalue weighted by atomic mass is 10.2. The molecule has 0 saturated carbocycles. The van der Waals surface area contributed by atoms with E-state index in [9.17, 15) is 9.18 Å². The Labute approximate surface area is 96.8 Å². The minimum atomic E-state index is -0.696. The number of hydrogen-bond donors (Lipinski definition) is 3. The number of carbonyl (C=O) groups is 1. The average molecular weight is 243 g/mol. The van der Waals surface area contributed by atoms with E-state index in [1.165, 1.54) is 19.2 Å². The maximum atomic E-state index is 12.7. The molecule has 7 heteroatoms. The summed E-state index contributed by atoms with van der Waals surface area (Å²) in [6.07, 6.45) is -0.696. The summed E-state index contributed by atoms with van der Waals surface area (Å²) in [5, 5.41) is 4.88. The molecule has 0 heterocycles. The number of thiocarbonyl (C=S) groups is 1. The van der Waals surface area contributed by atoms with Crippen LogP contribution in [-0.2, 0) is 4.74 Å². The zero-order valence-electron chi connectivity index (χ0n) is 8.41. The first-order valence-electron chi connectivity index (χ1n) is 4.24. The van der Waals surface area contributed by atoms with E-state index in [0.29, 0.717) is 5.69 Å². The molecular weight excluding hydrogens is 233 g/mol. The lowest BCUT2D eigenvalue weighted by molar-refractivity contribution is 0.177.